The number of benzene rings is 3. The first-order valence-corrected chi connectivity index (χ1v) is 14.4. The monoisotopic (exact) mass is 598 g/mol. The number of hydrogen-bond acceptors (Lipinski definition) is 5. The van der Waals surface area contributed by atoms with Crippen molar-refractivity contribution in [3.05, 3.63) is 130 Å². The maximum Gasteiger partial charge on any atom is 0.271 e. The molecule has 5 nitrogen and oxygen atoms in total. The summed E-state index contributed by atoms with van der Waals surface area (Å²) in [6.07, 6.45) is 7.02. The average molecular weight is 600 g/mol. The third kappa shape index (κ3) is 5.04. The Morgan fingerprint density at radius 3 is 2.15 bits per heavy atom. The Bertz CT molecular complexity index is 1760. The van der Waals surface area contributed by atoms with Gasteiger partial charge in [-0.1, -0.05) is 63.7 Å². The number of allylic oxidation sites excluding steroid dienone is 2. The van der Waals surface area contributed by atoms with Crippen LogP contribution in [-0.4, -0.2) is 18.8 Å². The molecule has 1 aliphatic heterocycles. The van der Waals surface area contributed by atoms with E-state index in [1.54, 1.807) is 14.2 Å². The van der Waals surface area contributed by atoms with Gasteiger partial charge in [-0.25, -0.2) is 4.99 Å². The largest absolute Gasteiger partial charge is 0.497 e. The minimum Gasteiger partial charge on any atom is -0.497 e. The normalized spacial score (nSPS) is 18.0. The zero-order valence-electron chi connectivity index (χ0n) is 21.7. The Kier molecular flexibility index (Phi) is 7.11. The minimum atomic E-state index is -0.214. The van der Waals surface area contributed by atoms with E-state index in [0.29, 0.717) is 4.53 Å². The molecule has 7 heteroatoms. The van der Waals surface area contributed by atoms with E-state index in [0.717, 1.165) is 62.4 Å². The quantitative estimate of drug-likeness (QED) is 0.272. The highest BCUT2D eigenvalue weighted by Crippen LogP contribution is 2.41. The lowest BCUT2D eigenvalue weighted by Crippen LogP contribution is -2.39. The molecule has 1 atom stereocenters. The first-order valence-electron chi connectivity index (χ1n) is 12.8. The fourth-order valence-corrected chi connectivity index (χ4v) is 6.52. The lowest BCUT2D eigenvalue weighted by molar-refractivity contribution is 0.414. The average Bonchev–Trinajstić information content (AvgIpc) is 3.28. The summed E-state index contributed by atoms with van der Waals surface area (Å²) >= 11 is 4.94. The molecule has 4 aromatic rings. The molecule has 0 saturated heterocycles. The summed E-state index contributed by atoms with van der Waals surface area (Å²) in [7, 11) is 3.34. The second-order valence-electron chi connectivity index (χ2n) is 9.58. The van der Waals surface area contributed by atoms with E-state index in [4.69, 9.17) is 14.5 Å². The summed E-state index contributed by atoms with van der Waals surface area (Å²) < 4.78 is 14.3. The number of thiazole rings is 1. The van der Waals surface area contributed by atoms with Gasteiger partial charge in [0, 0.05) is 4.47 Å². The molecule has 0 N–H and O–H groups in total. The number of nitrogens with zero attached hydrogens (tertiary/aromatic N) is 2. The lowest BCUT2D eigenvalue weighted by atomic mass is 9.84. The van der Waals surface area contributed by atoms with E-state index in [-0.39, 0.29) is 11.6 Å². The topological polar surface area (TPSA) is 52.8 Å². The Balaban J connectivity index is 1.54. The van der Waals surface area contributed by atoms with E-state index in [9.17, 15) is 4.79 Å². The van der Waals surface area contributed by atoms with Crippen LogP contribution in [0.3, 0.4) is 0 Å². The van der Waals surface area contributed by atoms with Crippen molar-refractivity contribution in [1.29, 1.82) is 0 Å². The van der Waals surface area contributed by atoms with Crippen LogP contribution in [0.1, 0.15) is 42.0 Å². The van der Waals surface area contributed by atoms with Crippen LogP contribution < -0.4 is 24.4 Å². The van der Waals surface area contributed by atoms with Crippen LogP contribution in [0.25, 0.3) is 12.2 Å². The summed E-state index contributed by atoms with van der Waals surface area (Å²) in [4.78, 5) is 19.8. The van der Waals surface area contributed by atoms with Gasteiger partial charge in [-0.2, -0.15) is 0 Å². The SMILES string of the molecule is COc1ccc(/C=C2\CCCC3=C2N=c2sc(=Cc4ccc(Br)cc4)c(=O)n2[C@@H]3c2ccc(OC)cc2)cc1. The molecule has 3 aromatic carbocycles. The number of methoxy groups -OCH3 is 2. The van der Waals surface area contributed by atoms with Crippen molar-refractivity contribution in [2.75, 3.05) is 14.2 Å². The number of fused-ring (bicyclic) bond motifs is 1. The van der Waals surface area contributed by atoms with Crippen molar-refractivity contribution < 1.29 is 9.47 Å². The third-order valence-corrected chi connectivity index (χ3v) is 8.70. The predicted octanol–water partition coefficient (Wildman–Crippen LogP) is 6.26. The molecule has 0 unspecified atom stereocenters. The molecule has 1 aromatic heterocycles. The summed E-state index contributed by atoms with van der Waals surface area (Å²) in [5.41, 5.74) is 6.52. The molecule has 196 valence electrons. The molecular formula is C32H27BrN2O3S. The summed E-state index contributed by atoms with van der Waals surface area (Å²) in [5, 5.41) is 0. The Labute approximate surface area is 239 Å². The third-order valence-electron chi connectivity index (χ3n) is 7.19. The fourth-order valence-electron chi connectivity index (χ4n) is 5.25. The van der Waals surface area contributed by atoms with Crippen LogP contribution in [-0.2, 0) is 0 Å². The van der Waals surface area contributed by atoms with Crippen LogP contribution in [0.4, 0.5) is 0 Å². The molecule has 0 fully saturated rings. The summed E-state index contributed by atoms with van der Waals surface area (Å²) in [6.45, 7) is 0. The van der Waals surface area contributed by atoms with Crippen molar-refractivity contribution >= 4 is 39.4 Å². The highest BCUT2D eigenvalue weighted by Gasteiger charge is 2.32. The number of aromatic nitrogens is 1. The first kappa shape index (κ1) is 25.6. The zero-order chi connectivity index (χ0) is 26.9. The first-order chi connectivity index (χ1) is 19.0. The molecular weight excluding hydrogens is 572 g/mol. The second kappa shape index (κ2) is 10.8. The maximum atomic E-state index is 13.9. The van der Waals surface area contributed by atoms with Gasteiger partial charge in [0.2, 0.25) is 0 Å². The number of rotatable bonds is 5. The van der Waals surface area contributed by atoms with Gasteiger partial charge in [-0.3, -0.25) is 9.36 Å². The van der Waals surface area contributed by atoms with Crippen LogP contribution >= 0.6 is 27.3 Å². The molecule has 0 radical (unpaired) electrons. The van der Waals surface area contributed by atoms with E-state index < -0.39 is 0 Å². The van der Waals surface area contributed by atoms with Crippen LogP contribution in [0.2, 0.25) is 0 Å². The van der Waals surface area contributed by atoms with Crippen LogP contribution in [0.15, 0.2) is 104 Å². The van der Waals surface area contributed by atoms with Crippen molar-refractivity contribution in [2.45, 2.75) is 25.3 Å². The molecule has 2 heterocycles. The minimum absolute atomic E-state index is 0.0136. The molecule has 2 aliphatic rings. The highest BCUT2D eigenvalue weighted by atomic mass is 79.9. The number of hydrogen-bond donors (Lipinski definition) is 0. The van der Waals surface area contributed by atoms with Gasteiger partial charge in [0.1, 0.15) is 11.5 Å². The molecule has 0 bridgehead atoms. The Hall–Kier alpha value is -3.68. The molecule has 0 amide bonds. The van der Waals surface area contributed by atoms with Gasteiger partial charge in [-0.15, -0.1) is 0 Å². The number of ether oxygens (including phenoxy) is 2. The predicted molar refractivity (Wildman–Crippen MR) is 160 cm³/mol. The zero-order valence-corrected chi connectivity index (χ0v) is 24.1. The fraction of sp³-hybridized carbons (Fsp3) is 0.188. The summed E-state index contributed by atoms with van der Waals surface area (Å²) in [5.74, 6) is 1.62. The van der Waals surface area contributed by atoms with Gasteiger partial charge in [0.25, 0.3) is 5.56 Å². The smallest absolute Gasteiger partial charge is 0.271 e. The van der Waals surface area contributed by atoms with Crippen LogP contribution in [0, 0.1) is 0 Å². The Morgan fingerprint density at radius 2 is 1.49 bits per heavy atom. The van der Waals surface area contributed by atoms with Crippen molar-refractivity contribution in [1.82, 2.24) is 4.57 Å². The van der Waals surface area contributed by atoms with Gasteiger partial charge < -0.3 is 9.47 Å². The van der Waals surface area contributed by atoms with E-state index in [1.807, 2.05) is 59.2 Å². The molecule has 39 heavy (non-hydrogen) atoms. The van der Waals surface area contributed by atoms with E-state index in [1.165, 1.54) is 22.5 Å². The Morgan fingerprint density at radius 1 is 0.872 bits per heavy atom. The van der Waals surface area contributed by atoms with E-state index >= 15 is 0 Å². The van der Waals surface area contributed by atoms with Crippen molar-refractivity contribution in [3.8, 4) is 11.5 Å². The lowest BCUT2D eigenvalue weighted by Gasteiger charge is -2.31. The van der Waals surface area contributed by atoms with Gasteiger partial charge in [0.15, 0.2) is 4.80 Å². The van der Waals surface area contributed by atoms with Crippen LogP contribution in [0.5, 0.6) is 11.5 Å². The van der Waals surface area contributed by atoms with Gasteiger partial charge in [0.05, 0.1) is 30.5 Å². The summed E-state index contributed by atoms with van der Waals surface area (Å²) in [6, 6.07) is 23.9. The molecule has 0 spiro atoms. The van der Waals surface area contributed by atoms with Crippen molar-refractivity contribution in [3.63, 3.8) is 0 Å². The standard InChI is InChI=1S/C32H27BrN2O3S/c1-37-25-14-8-20(9-15-25)18-23-4-3-5-27-29(23)34-32-35(30(27)22-10-16-26(38-2)17-11-22)31(36)28(39-32)19-21-6-12-24(33)13-7-21/h6-19,30H,3-5H2,1-2H3/b23-18+,28-19?/t30-/m1/s1. The van der Waals surface area contributed by atoms with E-state index in [2.05, 4.69) is 46.3 Å². The molecule has 1 aliphatic carbocycles. The highest BCUT2D eigenvalue weighted by molar-refractivity contribution is 9.10. The van der Waals surface area contributed by atoms with Gasteiger partial charge >= 0.3 is 0 Å². The molecule has 6 rings (SSSR count). The number of halogens is 1. The maximum absolute atomic E-state index is 13.9. The van der Waals surface area contributed by atoms with Gasteiger partial charge in [-0.05, 0) is 95.6 Å². The second-order valence-corrected chi connectivity index (χ2v) is 11.5. The molecule has 0 saturated carbocycles. The van der Waals surface area contributed by atoms with Crippen molar-refractivity contribution in [2.24, 2.45) is 4.99 Å².